The minimum atomic E-state index is -1.20. The molecule has 52 heavy (non-hydrogen) atoms. The summed E-state index contributed by atoms with van der Waals surface area (Å²) in [4.78, 5) is 56.3. The Bertz CT molecular complexity index is 1590. The largest absolute Gasteiger partial charge is 0.453 e. The number of hydrogen-bond acceptors (Lipinski definition) is 9. The van der Waals surface area contributed by atoms with Gasteiger partial charge < -0.3 is 30.5 Å². The summed E-state index contributed by atoms with van der Waals surface area (Å²) in [6.07, 6.45) is -0.225. The van der Waals surface area contributed by atoms with Crippen LogP contribution < -0.4 is 21.4 Å². The summed E-state index contributed by atoms with van der Waals surface area (Å²) in [7, 11) is 2.44. The van der Waals surface area contributed by atoms with Crippen molar-refractivity contribution in [3.05, 3.63) is 90.1 Å². The third-order valence-corrected chi connectivity index (χ3v) is 8.50. The van der Waals surface area contributed by atoms with E-state index in [4.69, 9.17) is 9.47 Å². The minimum absolute atomic E-state index is 0.0881. The van der Waals surface area contributed by atoms with Crippen LogP contribution in [0.4, 0.5) is 9.59 Å². The van der Waals surface area contributed by atoms with Crippen LogP contribution >= 0.6 is 0 Å². The molecule has 4 amide bonds. The topological polar surface area (TPSA) is 171 Å². The van der Waals surface area contributed by atoms with Crippen molar-refractivity contribution in [3.63, 3.8) is 0 Å². The molecule has 0 saturated carbocycles. The van der Waals surface area contributed by atoms with Crippen LogP contribution in [-0.4, -0.2) is 90.6 Å². The number of aliphatic hydroxyl groups excluding tert-OH is 1. The third-order valence-electron chi connectivity index (χ3n) is 8.50. The van der Waals surface area contributed by atoms with Crippen molar-refractivity contribution in [2.24, 2.45) is 10.8 Å². The number of hydrazine groups is 1. The quantitative estimate of drug-likeness (QED) is 0.144. The molecule has 1 aromatic heterocycles. The number of aliphatic hydroxyl groups is 1. The highest BCUT2D eigenvalue weighted by atomic mass is 16.5. The highest BCUT2D eigenvalue weighted by Crippen LogP contribution is 2.22. The van der Waals surface area contributed by atoms with Gasteiger partial charge in [0.2, 0.25) is 5.91 Å². The second-order valence-electron chi connectivity index (χ2n) is 14.8. The molecule has 1 heterocycles. The third kappa shape index (κ3) is 13.0. The highest BCUT2D eigenvalue weighted by Gasteiger charge is 2.37. The Morgan fingerprint density at radius 1 is 0.731 bits per heavy atom. The van der Waals surface area contributed by atoms with Gasteiger partial charge in [-0.2, -0.15) is 0 Å². The van der Waals surface area contributed by atoms with Gasteiger partial charge in [0.05, 0.1) is 32.1 Å². The second kappa shape index (κ2) is 19.0. The molecule has 5 N–H and O–H groups in total. The maximum atomic E-state index is 13.8. The first-order chi connectivity index (χ1) is 24.5. The van der Waals surface area contributed by atoms with E-state index >= 15 is 0 Å². The minimum Gasteiger partial charge on any atom is -0.453 e. The number of alkyl carbamates (subject to hydrolysis) is 2. The Hall–Kier alpha value is -5.01. The van der Waals surface area contributed by atoms with E-state index in [0.717, 1.165) is 22.4 Å². The van der Waals surface area contributed by atoms with Crippen molar-refractivity contribution in [3.8, 4) is 11.3 Å². The van der Waals surface area contributed by atoms with Gasteiger partial charge in [0.25, 0.3) is 5.91 Å². The summed E-state index contributed by atoms with van der Waals surface area (Å²) in [5, 5.41) is 21.6. The zero-order valence-corrected chi connectivity index (χ0v) is 31.4. The summed E-state index contributed by atoms with van der Waals surface area (Å²) in [5.41, 5.74) is 5.17. The van der Waals surface area contributed by atoms with Gasteiger partial charge in [-0.05, 0) is 46.9 Å². The molecule has 0 spiro atoms. The molecule has 0 aliphatic carbocycles. The maximum absolute atomic E-state index is 13.8. The Morgan fingerprint density at radius 3 is 1.81 bits per heavy atom. The molecular formula is C39H54N6O7. The van der Waals surface area contributed by atoms with Crippen molar-refractivity contribution in [1.29, 1.82) is 0 Å². The predicted octanol–water partition coefficient (Wildman–Crippen LogP) is 4.25. The van der Waals surface area contributed by atoms with Gasteiger partial charge >= 0.3 is 12.2 Å². The molecule has 13 heteroatoms. The predicted molar refractivity (Wildman–Crippen MR) is 199 cm³/mol. The van der Waals surface area contributed by atoms with Gasteiger partial charge in [-0.1, -0.05) is 102 Å². The van der Waals surface area contributed by atoms with E-state index in [1.54, 1.807) is 11.2 Å². The molecule has 4 atom stereocenters. The lowest BCUT2D eigenvalue weighted by molar-refractivity contribution is -0.132. The van der Waals surface area contributed by atoms with Crippen LogP contribution in [0.25, 0.3) is 11.3 Å². The number of aromatic nitrogens is 1. The summed E-state index contributed by atoms with van der Waals surface area (Å²) < 4.78 is 9.55. The summed E-state index contributed by atoms with van der Waals surface area (Å²) in [6.45, 7) is 11.1. The van der Waals surface area contributed by atoms with Crippen LogP contribution in [0.15, 0.2) is 79.0 Å². The maximum Gasteiger partial charge on any atom is 0.407 e. The van der Waals surface area contributed by atoms with Crippen molar-refractivity contribution >= 4 is 24.0 Å². The lowest BCUT2D eigenvalue weighted by atomic mass is 9.85. The number of ether oxygens (including phenoxy) is 2. The number of hydrogen-bond donors (Lipinski definition) is 5. The number of carbonyl (C=O) groups excluding carboxylic acids is 4. The van der Waals surface area contributed by atoms with E-state index in [1.807, 2.05) is 114 Å². The molecule has 0 aliphatic rings. The van der Waals surface area contributed by atoms with Crippen LogP contribution in [0.1, 0.15) is 52.7 Å². The first kappa shape index (κ1) is 41.4. The second-order valence-corrected chi connectivity index (χ2v) is 14.8. The monoisotopic (exact) mass is 718 g/mol. The molecular weight excluding hydrogens is 664 g/mol. The Labute approximate surface area is 306 Å². The number of nitrogens with zero attached hydrogens (tertiary/aromatic N) is 2. The number of carbonyl (C=O) groups is 4. The Kier molecular flexibility index (Phi) is 15.1. The molecule has 2 aromatic carbocycles. The molecule has 2 unspecified atom stereocenters. The summed E-state index contributed by atoms with van der Waals surface area (Å²) >= 11 is 0. The SMILES string of the molecule is COC(=O)NC(C(=O)N[C@@H](Cc1ccccc1)[C@@H](O)CN(CCc1ccc(-c2ccccn2)cc1)NC(=O)C(NC(=O)OC)C(C)(C)C)C(C)(C)C. The van der Waals surface area contributed by atoms with Crippen LogP contribution in [0, 0.1) is 10.8 Å². The van der Waals surface area contributed by atoms with Crippen molar-refractivity contribution in [2.45, 2.75) is 78.6 Å². The molecule has 0 saturated heterocycles. The van der Waals surface area contributed by atoms with E-state index in [2.05, 4.69) is 26.4 Å². The fraction of sp³-hybridized carbons (Fsp3) is 0.462. The number of nitrogens with one attached hydrogen (secondary N) is 4. The molecule has 0 bridgehead atoms. The van der Waals surface area contributed by atoms with Gasteiger partial charge in [0.15, 0.2) is 0 Å². The van der Waals surface area contributed by atoms with Gasteiger partial charge in [-0.15, -0.1) is 0 Å². The fourth-order valence-corrected chi connectivity index (χ4v) is 5.53. The van der Waals surface area contributed by atoms with Crippen LogP contribution in [0.5, 0.6) is 0 Å². The molecule has 0 radical (unpaired) electrons. The van der Waals surface area contributed by atoms with Crippen molar-refractivity contribution in [1.82, 2.24) is 31.4 Å². The van der Waals surface area contributed by atoms with E-state index in [-0.39, 0.29) is 19.5 Å². The van der Waals surface area contributed by atoms with E-state index in [9.17, 15) is 24.3 Å². The van der Waals surface area contributed by atoms with E-state index in [1.165, 1.54) is 14.2 Å². The number of benzene rings is 2. The molecule has 13 nitrogen and oxygen atoms in total. The fourth-order valence-electron chi connectivity index (χ4n) is 5.53. The van der Waals surface area contributed by atoms with E-state index < -0.39 is 59.1 Å². The molecule has 3 rings (SSSR count). The zero-order valence-electron chi connectivity index (χ0n) is 31.4. The first-order valence-corrected chi connectivity index (χ1v) is 17.3. The standard InChI is InChI=1S/C39H54N6O7/c1-38(2,3)32(42-36(49)51-7)34(47)41-30(24-27-14-10-9-11-15-27)31(46)25-45(44-35(48)33(39(4,5)6)43-37(50)52-8)23-21-26-17-19-28(20-18-26)29-16-12-13-22-40-29/h9-20,22,30-33,46H,21,23-25H2,1-8H3,(H,41,47)(H,42,49)(H,43,50)(H,44,48)/t30-,31-,32?,33?/m0/s1. The van der Waals surface area contributed by atoms with E-state index in [0.29, 0.717) is 6.42 Å². The molecule has 0 aliphatic heterocycles. The summed E-state index contributed by atoms with van der Waals surface area (Å²) in [6, 6.07) is 20.2. The Balaban J connectivity index is 1.91. The average molecular weight is 719 g/mol. The lowest BCUT2D eigenvalue weighted by Gasteiger charge is -2.35. The van der Waals surface area contributed by atoms with Gasteiger partial charge in [-0.3, -0.25) is 20.0 Å². The molecule has 0 fully saturated rings. The number of pyridine rings is 1. The van der Waals surface area contributed by atoms with Gasteiger partial charge in [0.1, 0.15) is 12.1 Å². The molecule has 282 valence electrons. The van der Waals surface area contributed by atoms with Crippen molar-refractivity contribution in [2.75, 3.05) is 27.3 Å². The number of rotatable bonds is 15. The van der Waals surface area contributed by atoms with Gasteiger partial charge in [0, 0.05) is 24.8 Å². The van der Waals surface area contributed by atoms with Crippen LogP contribution in [0.2, 0.25) is 0 Å². The normalized spacial score (nSPS) is 14.0. The number of amides is 4. The number of methoxy groups -OCH3 is 2. The first-order valence-electron chi connectivity index (χ1n) is 17.3. The van der Waals surface area contributed by atoms with Crippen LogP contribution in [-0.2, 0) is 31.9 Å². The highest BCUT2D eigenvalue weighted by molar-refractivity contribution is 5.87. The zero-order chi connectivity index (χ0) is 38.5. The Morgan fingerprint density at radius 2 is 1.29 bits per heavy atom. The molecule has 3 aromatic rings. The van der Waals surface area contributed by atoms with Crippen LogP contribution in [0.3, 0.4) is 0 Å². The van der Waals surface area contributed by atoms with Crippen molar-refractivity contribution < 1.29 is 33.8 Å². The average Bonchev–Trinajstić information content (AvgIpc) is 3.11. The smallest absolute Gasteiger partial charge is 0.407 e. The lowest BCUT2D eigenvalue weighted by Crippen LogP contribution is -2.61. The summed E-state index contributed by atoms with van der Waals surface area (Å²) in [5.74, 6) is -1.01. The van der Waals surface area contributed by atoms with Gasteiger partial charge in [-0.25, -0.2) is 14.6 Å².